The van der Waals surface area contributed by atoms with E-state index in [0.29, 0.717) is 27.2 Å². The molecule has 0 amide bonds. The van der Waals surface area contributed by atoms with E-state index in [1.54, 1.807) is 30.4 Å². The van der Waals surface area contributed by atoms with Crippen LogP contribution in [0, 0.1) is 6.92 Å². The van der Waals surface area contributed by atoms with Crippen molar-refractivity contribution in [2.24, 2.45) is 0 Å². The van der Waals surface area contributed by atoms with E-state index in [2.05, 4.69) is 9.97 Å². The molecule has 0 aliphatic heterocycles. The van der Waals surface area contributed by atoms with Crippen molar-refractivity contribution >= 4 is 52.0 Å². The maximum Gasteiger partial charge on any atom is 0.230 e. The Kier molecular flexibility index (Phi) is 6.64. The summed E-state index contributed by atoms with van der Waals surface area (Å²) in [6.07, 6.45) is 7.77. The minimum absolute atomic E-state index is 0.186. The summed E-state index contributed by atoms with van der Waals surface area (Å²) in [4.78, 5) is 20.9. The highest BCUT2D eigenvalue weighted by atomic mass is 35.5. The second-order valence-corrected chi connectivity index (χ2v) is 7.92. The van der Waals surface area contributed by atoms with Gasteiger partial charge in [0, 0.05) is 15.6 Å². The number of carbonyl (C=O) groups excluding carboxylic acids is 1. The summed E-state index contributed by atoms with van der Waals surface area (Å²) < 4.78 is 6.10. The van der Waals surface area contributed by atoms with Crippen LogP contribution in [0.5, 0.6) is 11.6 Å². The van der Waals surface area contributed by atoms with Crippen LogP contribution in [0.4, 0.5) is 0 Å². The second-order valence-electron chi connectivity index (χ2n) is 7.07. The van der Waals surface area contributed by atoms with Crippen molar-refractivity contribution < 1.29 is 9.53 Å². The number of para-hydroxylation sites is 1. The molecule has 0 atom stereocenters. The van der Waals surface area contributed by atoms with Gasteiger partial charge in [0.2, 0.25) is 5.88 Å². The average Bonchev–Trinajstić information content (AvgIpc) is 2.78. The molecule has 1 heterocycles. The predicted octanol–water partition coefficient (Wildman–Crippen LogP) is 7.33. The average molecular weight is 461 g/mol. The number of benzene rings is 3. The molecule has 0 saturated carbocycles. The molecule has 4 rings (SSSR count). The molecule has 158 valence electrons. The Bertz CT molecular complexity index is 1360. The standard InChI is InChI=1S/C26H18Cl2N2O2/c1-17-6-13-24-22(14-17)26(30-16-29-24)32-25-5-3-2-4-19(25)9-12-21(31)11-8-18-7-10-20(27)15-23(18)28/h2-16H,1H3/b11-8+,12-9+. The molecule has 0 fully saturated rings. The first kappa shape index (κ1) is 21.8. The Morgan fingerprint density at radius 2 is 1.69 bits per heavy atom. The summed E-state index contributed by atoms with van der Waals surface area (Å²) in [5.74, 6) is 0.861. The van der Waals surface area contributed by atoms with Crippen LogP contribution < -0.4 is 4.74 Å². The van der Waals surface area contributed by atoms with Gasteiger partial charge in [0.15, 0.2) is 5.78 Å². The number of fused-ring (bicyclic) bond motifs is 1. The zero-order chi connectivity index (χ0) is 22.5. The van der Waals surface area contributed by atoms with Gasteiger partial charge in [0.1, 0.15) is 12.1 Å². The summed E-state index contributed by atoms with van der Waals surface area (Å²) >= 11 is 12.0. The van der Waals surface area contributed by atoms with Crippen LogP contribution in [0.1, 0.15) is 16.7 Å². The number of hydrogen-bond donors (Lipinski definition) is 0. The molecule has 0 spiro atoms. The highest BCUT2D eigenvalue weighted by Crippen LogP contribution is 2.30. The molecule has 0 aliphatic rings. The van der Waals surface area contributed by atoms with E-state index in [1.807, 2.05) is 49.4 Å². The van der Waals surface area contributed by atoms with Crippen molar-refractivity contribution in [2.75, 3.05) is 0 Å². The van der Waals surface area contributed by atoms with Crippen LogP contribution in [0.25, 0.3) is 23.1 Å². The molecular weight excluding hydrogens is 443 g/mol. The number of aromatic nitrogens is 2. The summed E-state index contributed by atoms with van der Waals surface area (Å²) in [5.41, 5.74) is 3.35. The van der Waals surface area contributed by atoms with E-state index in [0.717, 1.165) is 22.0 Å². The largest absolute Gasteiger partial charge is 0.438 e. The summed E-state index contributed by atoms with van der Waals surface area (Å²) in [5, 5.41) is 1.85. The maximum absolute atomic E-state index is 12.3. The summed E-state index contributed by atoms with van der Waals surface area (Å²) in [6, 6.07) is 18.5. The minimum Gasteiger partial charge on any atom is -0.438 e. The van der Waals surface area contributed by atoms with Gasteiger partial charge in [0.25, 0.3) is 0 Å². The topological polar surface area (TPSA) is 52.1 Å². The third-order valence-corrected chi connectivity index (χ3v) is 5.26. The fourth-order valence-electron chi connectivity index (χ4n) is 3.08. The highest BCUT2D eigenvalue weighted by Gasteiger charge is 2.09. The Morgan fingerprint density at radius 3 is 2.50 bits per heavy atom. The molecule has 0 radical (unpaired) electrons. The van der Waals surface area contributed by atoms with Crippen molar-refractivity contribution in [3.8, 4) is 11.6 Å². The lowest BCUT2D eigenvalue weighted by Gasteiger charge is -2.10. The lowest BCUT2D eigenvalue weighted by Crippen LogP contribution is -1.94. The van der Waals surface area contributed by atoms with Crippen LogP contribution >= 0.6 is 23.2 Å². The zero-order valence-corrected chi connectivity index (χ0v) is 18.6. The Hall–Kier alpha value is -3.47. The number of carbonyl (C=O) groups is 1. The van der Waals surface area contributed by atoms with Gasteiger partial charge in [-0.25, -0.2) is 9.97 Å². The second kappa shape index (κ2) is 9.77. The molecule has 6 heteroatoms. The van der Waals surface area contributed by atoms with Crippen molar-refractivity contribution in [3.05, 3.63) is 106 Å². The SMILES string of the molecule is Cc1ccc2ncnc(Oc3ccccc3/C=C/C(=O)/C=C/c3ccc(Cl)cc3Cl)c2c1. The van der Waals surface area contributed by atoms with Gasteiger partial charge >= 0.3 is 0 Å². The fraction of sp³-hybridized carbons (Fsp3) is 0.0385. The molecule has 1 aromatic heterocycles. The highest BCUT2D eigenvalue weighted by molar-refractivity contribution is 6.35. The minimum atomic E-state index is -0.186. The van der Waals surface area contributed by atoms with Gasteiger partial charge in [-0.05, 0) is 67.1 Å². The van der Waals surface area contributed by atoms with E-state index in [4.69, 9.17) is 27.9 Å². The fourth-order valence-corrected chi connectivity index (χ4v) is 3.55. The van der Waals surface area contributed by atoms with E-state index in [-0.39, 0.29) is 5.78 Å². The first-order valence-electron chi connectivity index (χ1n) is 9.83. The number of aryl methyl sites for hydroxylation is 1. The number of ketones is 1. The normalized spacial score (nSPS) is 11.5. The predicted molar refractivity (Wildman–Crippen MR) is 130 cm³/mol. The number of rotatable bonds is 6. The van der Waals surface area contributed by atoms with E-state index in [9.17, 15) is 4.79 Å². The monoisotopic (exact) mass is 460 g/mol. The number of nitrogens with zero attached hydrogens (tertiary/aromatic N) is 2. The van der Waals surface area contributed by atoms with Crippen molar-refractivity contribution in [1.29, 1.82) is 0 Å². The first-order chi connectivity index (χ1) is 15.5. The van der Waals surface area contributed by atoms with Crippen molar-refractivity contribution in [1.82, 2.24) is 9.97 Å². The van der Waals surface area contributed by atoms with Gasteiger partial charge in [-0.15, -0.1) is 0 Å². The van der Waals surface area contributed by atoms with Crippen LogP contribution in [0.3, 0.4) is 0 Å². The van der Waals surface area contributed by atoms with Crippen LogP contribution in [-0.4, -0.2) is 15.8 Å². The molecule has 32 heavy (non-hydrogen) atoms. The van der Waals surface area contributed by atoms with E-state index in [1.165, 1.54) is 18.5 Å². The van der Waals surface area contributed by atoms with Crippen LogP contribution in [0.15, 0.2) is 79.1 Å². The van der Waals surface area contributed by atoms with E-state index >= 15 is 0 Å². The number of allylic oxidation sites excluding steroid dienone is 2. The van der Waals surface area contributed by atoms with Crippen LogP contribution in [0.2, 0.25) is 10.0 Å². The van der Waals surface area contributed by atoms with Gasteiger partial charge in [-0.2, -0.15) is 0 Å². The molecule has 0 saturated heterocycles. The Balaban J connectivity index is 1.55. The molecule has 0 aliphatic carbocycles. The number of halogens is 2. The third kappa shape index (κ3) is 5.22. The molecular formula is C26H18Cl2N2O2. The Labute approximate surface area is 195 Å². The van der Waals surface area contributed by atoms with Crippen molar-refractivity contribution in [2.45, 2.75) is 6.92 Å². The molecule has 4 nitrogen and oxygen atoms in total. The lowest BCUT2D eigenvalue weighted by atomic mass is 10.1. The quantitative estimate of drug-likeness (QED) is 0.282. The molecule has 3 aromatic carbocycles. The van der Waals surface area contributed by atoms with Crippen molar-refractivity contribution in [3.63, 3.8) is 0 Å². The molecule has 0 unspecified atom stereocenters. The summed E-state index contributed by atoms with van der Waals surface area (Å²) in [7, 11) is 0. The molecule has 4 aromatic rings. The number of ether oxygens (including phenoxy) is 1. The smallest absolute Gasteiger partial charge is 0.230 e. The van der Waals surface area contributed by atoms with Gasteiger partial charge in [0.05, 0.1) is 10.9 Å². The van der Waals surface area contributed by atoms with Gasteiger partial charge in [-0.1, -0.05) is 59.1 Å². The number of hydrogen-bond acceptors (Lipinski definition) is 4. The first-order valence-corrected chi connectivity index (χ1v) is 10.6. The van der Waals surface area contributed by atoms with Crippen LogP contribution in [-0.2, 0) is 4.79 Å². The maximum atomic E-state index is 12.3. The summed E-state index contributed by atoms with van der Waals surface area (Å²) in [6.45, 7) is 2.00. The molecule has 0 N–H and O–H groups in total. The lowest BCUT2D eigenvalue weighted by molar-refractivity contribution is -0.110. The third-order valence-electron chi connectivity index (χ3n) is 4.70. The zero-order valence-electron chi connectivity index (χ0n) is 17.1. The van der Waals surface area contributed by atoms with Gasteiger partial charge < -0.3 is 4.74 Å². The molecule has 0 bridgehead atoms. The van der Waals surface area contributed by atoms with Gasteiger partial charge in [-0.3, -0.25) is 4.79 Å². The Morgan fingerprint density at radius 1 is 0.906 bits per heavy atom. The van der Waals surface area contributed by atoms with E-state index < -0.39 is 0 Å².